The van der Waals surface area contributed by atoms with Gasteiger partial charge in [0, 0.05) is 23.7 Å². The first-order valence-corrected chi connectivity index (χ1v) is 5.75. The molecular weight excluding hydrogens is 224 g/mol. The molecule has 0 saturated heterocycles. The number of hydrogen-bond donors (Lipinski definition) is 1. The lowest BCUT2D eigenvalue weighted by Gasteiger charge is -2.21. The van der Waals surface area contributed by atoms with Gasteiger partial charge in [-0.3, -0.25) is 0 Å². The van der Waals surface area contributed by atoms with Crippen LogP contribution in [0.25, 0.3) is 0 Å². The van der Waals surface area contributed by atoms with Gasteiger partial charge >= 0.3 is 0 Å². The van der Waals surface area contributed by atoms with Gasteiger partial charge in [0.25, 0.3) is 0 Å². The van der Waals surface area contributed by atoms with Gasteiger partial charge in [-0.2, -0.15) is 0 Å². The van der Waals surface area contributed by atoms with E-state index in [-0.39, 0.29) is 10.8 Å². The highest BCUT2D eigenvalue weighted by molar-refractivity contribution is 6.31. The number of nitrogens with two attached hydrogens (primary N) is 1. The van der Waals surface area contributed by atoms with E-state index >= 15 is 0 Å². The highest BCUT2D eigenvalue weighted by Crippen LogP contribution is 2.66. The number of hydrogen-bond acceptors (Lipinski definition) is 3. The quantitative estimate of drug-likeness (QED) is 0.883. The van der Waals surface area contributed by atoms with Crippen molar-refractivity contribution >= 4 is 11.6 Å². The van der Waals surface area contributed by atoms with Gasteiger partial charge in [0.2, 0.25) is 5.88 Å². The zero-order valence-corrected chi connectivity index (χ0v) is 10.6. The summed E-state index contributed by atoms with van der Waals surface area (Å²) in [6.07, 6.45) is 2.68. The van der Waals surface area contributed by atoms with E-state index in [0.717, 1.165) is 12.0 Å². The van der Waals surface area contributed by atoms with Gasteiger partial charge in [0.15, 0.2) is 0 Å². The number of nitrogens with zero attached hydrogens (tertiary/aromatic N) is 1. The molecule has 0 bridgehead atoms. The predicted octanol–water partition coefficient (Wildman–Crippen LogP) is 2.37. The second-order valence-electron chi connectivity index (χ2n) is 5.02. The van der Waals surface area contributed by atoms with Crippen molar-refractivity contribution in [3.05, 3.63) is 22.8 Å². The molecule has 1 aliphatic carbocycles. The first-order valence-electron chi connectivity index (χ1n) is 5.37. The average Bonchev–Trinajstić information content (AvgIpc) is 2.81. The van der Waals surface area contributed by atoms with E-state index in [1.807, 2.05) is 0 Å². The first kappa shape index (κ1) is 11.7. The Labute approximate surface area is 101 Å². The Morgan fingerprint density at radius 2 is 2.19 bits per heavy atom. The van der Waals surface area contributed by atoms with Crippen molar-refractivity contribution in [1.82, 2.24) is 4.98 Å². The Bertz CT molecular complexity index is 419. The molecule has 0 radical (unpaired) electrons. The zero-order chi connectivity index (χ0) is 12.0. The zero-order valence-electron chi connectivity index (χ0n) is 9.88. The van der Waals surface area contributed by atoms with Gasteiger partial charge in [0.05, 0.1) is 12.1 Å². The number of ether oxygens (including phenoxy) is 1. The van der Waals surface area contributed by atoms with E-state index in [4.69, 9.17) is 22.1 Å². The van der Waals surface area contributed by atoms with Crippen LogP contribution in [0.5, 0.6) is 5.88 Å². The van der Waals surface area contributed by atoms with Crippen molar-refractivity contribution in [3.8, 4) is 5.88 Å². The maximum atomic E-state index is 6.26. The average molecular weight is 241 g/mol. The fourth-order valence-electron chi connectivity index (χ4n) is 2.60. The molecule has 0 aromatic carbocycles. The first-order chi connectivity index (χ1) is 7.48. The summed E-state index contributed by atoms with van der Waals surface area (Å²) in [5, 5.41) is 0.697. The third-order valence-electron chi connectivity index (χ3n) is 3.80. The number of methoxy groups -OCH3 is 1. The van der Waals surface area contributed by atoms with Gasteiger partial charge in [-0.05, 0) is 17.9 Å². The summed E-state index contributed by atoms with van der Waals surface area (Å²) in [6, 6.07) is 1.80. The van der Waals surface area contributed by atoms with Crippen LogP contribution >= 0.6 is 11.6 Å². The van der Waals surface area contributed by atoms with Crippen LogP contribution in [-0.2, 0) is 5.41 Å². The molecule has 1 fully saturated rings. The summed E-state index contributed by atoms with van der Waals surface area (Å²) < 4.78 is 5.30. The Kier molecular flexibility index (Phi) is 2.63. The molecule has 0 aliphatic heterocycles. The van der Waals surface area contributed by atoms with Gasteiger partial charge in [-0.1, -0.05) is 25.4 Å². The Hall–Kier alpha value is -0.800. The Morgan fingerprint density at radius 1 is 1.56 bits per heavy atom. The van der Waals surface area contributed by atoms with Crippen molar-refractivity contribution in [2.24, 2.45) is 11.1 Å². The van der Waals surface area contributed by atoms with Gasteiger partial charge in [-0.25, -0.2) is 4.98 Å². The molecule has 0 spiro atoms. The lowest BCUT2D eigenvalue weighted by molar-refractivity contribution is 0.379. The van der Waals surface area contributed by atoms with Crippen LogP contribution in [0.15, 0.2) is 12.3 Å². The van der Waals surface area contributed by atoms with Gasteiger partial charge in [-0.15, -0.1) is 0 Å². The highest BCUT2D eigenvalue weighted by Gasteiger charge is 2.63. The smallest absolute Gasteiger partial charge is 0.218 e. The Balaban J connectivity index is 2.56. The minimum atomic E-state index is -0.0797. The molecule has 4 heteroatoms. The molecule has 88 valence electrons. The minimum absolute atomic E-state index is 0.0797. The third-order valence-corrected chi connectivity index (χ3v) is 4.11. The molecule has 1 aliphatic rings. The van der Waals surface area contributed by atoms with Crippen molar-refractivity contribution in [3.63, 3.8) is 0 Å². The maximum Gasteiger partial charge on any atom is 0.218 e. The van der Waals surface area contributed by atoms with Crippen molar-refractivity contribution in [2.45, 2.75) is 25.7 Å². The predicted molar refractivity (Wildman–Crippen MR) is 64.9 cm³/mol. The summed E-state index contributed by atoms with van der Waals surface area (Å²) in [5.74, 6) is 0.600. The Morgan fingerprint density at radius 3 is 2.62 bits per heavy atom. The second kappa shape index (κ2) is 3.60. The molecule has 1 aromatic rings. The normalized spacial score (nSPS) is 26.6. The molecule has 0 amide bonds. The van der Waals surface area contributed by atoms with Gasteiger partial charge in [0.1, 0.15) is 0 Å². The second-order valence-corrected chi connectivity index (χ2v) is 5.43. The molecule has 1 saturated carbocycles. The largest absolute Gasteiger partial charge is 0.481 e. The van der Waals surface area contributed by atoms with Crippen LogP contribution in [0, 0.1) is 5.41 Å². The van der Waals surface area contributed by atoms with Gasteiger partial charge < -0.3 is 10.5 Å². The van der Waals surface area contributed by atoms with Crippen LogP contribution in [0.3, 0.4) is 0 Å². The van der Waals surface area contributed by atoms with E-state index < -0.39 is 0 Å². The highest BCUT2D eigenvalue weighted by atomic mass is 35.5. The SMILES string of the molecule is COc1nccc(Cl)c1C1(CN)CC1(C)C. The lowest BCUT2D eigenvalue weighted by atomic mass is 9.88. The molecule has 2 rings (SSSR count). The molecule has 16 heavy (non-hydrogen) atoms. The molecule has 1 heterocycles. The lowest BCUT2D eigenvalue weighted by Crippen LogP contribution is -2.26. The summed E-state index contributed by atoms with van der Waals surface area (Å²) in [6.45, 7) is 4.97. The number of rotatable bonds is 3. The number of pyridine rings is 1. The molecule has 1 atom stereocenters. The fraction of sp³-hybridized carbons (Fsp3) is 0.583. The van der Waals surface area contributed by atoms with E-state index in [2.05, 4.69) is 18.8 Å². The van der Waals surface area contributed by atoms with E-state index in [9.17, 15) is 0 Å². The fourth-order valence-corrected chi connectivity index (χ4v) is 2.91. The monoisotopic (exact) mass is 240 g/mol. The molecule has 3 nitrogen and oxygen atoms in total. The van der Waals surface area contributed by atoms with Crippen molar-refractivity contribution < 1.29 is 4.74 Å². The maximum absolute atomic E-state index is 6.26. The van der Waals surface area contributed by atoms with Crippen LogP contribution in [0.1, 0.15) is 25.8 Å². The van der Waals surface area contributed by atoms with E-state index in [1.165, 1.54) is 0 Å². The van der Waals surface area contributed by atoms with Crippen molar-refractivity contribution in [2.75, 3.05) is 13.7 Å². The summed E-state index contributed by atoms with van der Waals surface area (Å²) in [4.78, 5) is 4.22. The minimum Gasteiger partial charge on any atom is -0.481 e. The molecule has 1 unspecified atom stereocenters. The number of aromatic nitrogens is 1. The van der Waals surface area contributed by atoms with E-state index in [1.54, 1.807) is 19.4 Å². The van der Waals surface area contributed by atoms with Crippen LogP contribution in [0.2, 0.25) is 5.02 Å². The van der Waals surface area contributed by atoms with Crippen LogP contribution in [0.4, 0.5) is 0 Å². The van der Waals surface area contributed by atoms with Crippen LogP contribution in [-0.4, -0.2) is 18.6 Å². The van der Waals surface area contributed by atoms with E-state index in [0.29, 0.717) is 17.4 Å². The number of halogens is 1. The topological polar surface area (TPSA) is 48.1 Å². The van der Waals surface area contributed by atoms with Crippen LogP contribution < -0.4 is 10.5 Å². The molecule has 2 N–H and O–H groups in total. The summed E-state index contributed by atoms with van der Waals surface area (Å²) in [7, 11) is 1.61. The molecular formula is C12H17ClN2O. The third kappa shape index (κ3) is 1.42. The summed E-state index contributed by atoms with van der Waals surface area (Å²) >= 11 is 6.26. The standard InChI is InChI=1S/C12H17ClN2O/c1-11(2)6-12(11,7-14)9-8(13)4-5-15-10(9)16-3/h4-5H,6-7,14H2,1-3H3. The molecule has 1 aromatic heterocycles. The summed E-state index contributed by atoms with van der Waals surface area (Å²) in [5.41, 5.74) is 6.98. The van der Waals surface area contributed by atoms with Crippen molar-refractivity contribution in [1.29, 1.82) is 0 Å².